The van der Waals surface area contributed by atoms with Crippen LogP contribution in [-0.4, -0.2) is 19.9 Å². The van der Waals surface area contributed by atoms with E-state index >= 15 is 0 Å². The van der Waals surface area contributed by atoms with Gasteiger partial charge in [-0.05, 0) is 60.5 Å². The van der Waals surface area contributed by atoms with Gasteiger partial charge in [-0.2, -0.15) is 0 Å². The maximum Gasteiger partial charge on any atom is 0.261 e. The summed E-state index contributed by atoms with van der Waals surface area (Å²) in [4.78, 5) is 2.42. The molecular formula is C18H21FN2O2S. The minimum atomic E-state index is -3.71. The summed E-state index contributed by atoms with van der Waals surface area (Å²) in [7, 11) is -3.71. The van der Waals surface area contributed by atoms with Gasteiger partial charge in [-0.3, -0.25) is 9.62 Å². The lowest BCUT2D eigenvalue weighted by atomic mass is 10.1. The molecular weight excluding hydrogens is 327 g/mol. The standard InChI is InChI=1S/C18H21FN2O2S/c1-2-3-10-21-12-14-4-7-17(11-15(14)13-21)20-24(22,23)18-8-5-16(19)6-9-18/h4-9,11,20H,2-3,10,12-13H2,1H3. The molecule has 3 rings (SSSR count). The van der Waals surface area contributed by atoms with Gasteiger partial charge in [0, 0.05) is 18.8 Å². The molecule has 0 bridgehead atoms. The van der Waals surface area contributed by atoms with Crippen LogP contribution < -0.4 is 4.72 Å². The number of anilines is 1. The van der Waals surface area contributed by atoms with Crippen molar-refractivity contribution in [3.8, 4) is 0 Å². The zero-order valence-corrected chi connectivity index (χ0v) is 14.4. The second-order valence-corrected chi connectivity index (χ2v) is 7.79. The smallest absolute Gasteiger partial charge is 0.261 e. The van der Waals surface area contributed by atoms with Crippen molar-refractivity contribution < 1.29 is 12.8 Å². The Bertz CT molecular complexity index is 819. The van der Waals surface area contributed by atoms with Crippen LogP contribution in [0.1, 0.15) is 30.9 Å². The van der Waals surface area contributed by atoms with Gasteiger partial charge in [0.05, 0.1) is 4.90 Å². The van der Waals surface area contributed by atoms with Gasteiger partial charge >= 0.3 is 0 Å². The SMILES string of the molecule is CCCCN1Cc2ccc(NS(=O)(=O)c3ccc(F)cc3)cc2C1. The summed E-state index contributed by atoms with van der Waals surface area (Å²) < 4.78 is 40.3. The normalized spacial score (nSPS) is 14.6. The van der Waals surface area contributed by atoms with Gasteiger partial charge in [-0.15, -0.1) is 0 Å². The number of benzene rings is 2. The summed E-state index contributed by atoms with van der Waals surface area (Å²) in [5.41, 5.74) is 2.94. The molecule has 1 N–H and O–H groups in total. The molecule has 0 saturated heterocycles. The lowest BCUT2D eigenvalue weighted by Crippen LogP contribution is -2.17. The summed E-state index contributed by atoms with van der Waals surface area (Å²) in [5.74, 6) is -0.460. The number of hydrogen-bond donors (Lipinski definition) is 1. The van der Waals surface area contributed by atoms with Crippen LogP contribution in [0.15, 0.2) is 47.4 Å². The first-order valence-corrected chi connectivity index (χ1v) is 9.59. The number of rotatable bonds is 6. The minimum Gasteiger partial charge on any atom is -0.295 e. The van der Waals surface area contributed by atoms with Crippen molar-refractivity contribution in [2.24, 2.45) is 0 Å². The molecule has 4 nitrogen and oxygen atoms in total. The molecule has 1 heterocycles. The molecule has 0 fully saturated rings. The van der Waals surface area contributed by atoms with Crippen LogP contribution in [0, 0.1) is 5.82 Å². The van der Waals surface area contributed by atoms with Crippen molar-refractivity contribution in [2.75, 3.05) is 11.3 Å². The highest BCUT2D eigenvalue weighted by Crippen LogP contribution is 2.27. The fraction of sp³-hybridized carbons (Fsp3) is 0.333. The Morgan fingerprint density at radius 1 is 1.08 bits per heavy atom. The highest BCUT2D eigenvalue weighted by molar-refractivity contribution is 7.92. The fourth-order valence-electron chi connectivity index (χ4n) is 2.90. The number of unbranched alkanes of at least 4 members (excludes halogenated alkanes) is 1. The average Bonchev–Trinajstić information content (AvgIpc) is 2.95. The van der Waals surface area contributed by atoms with E-state index in [1.54, 1.807) is 6.07 Å². The Labute approximate surface area is 142 Å². The van der Waals surface area contributed by atoms with E-state index in [1.807, 2.05) is 12.1 Å². The van der Waals surface area contributed by atoms with Gasteiger partial charge in [-0.1, -0.05) is 19.4 Å². The van der Waals surface area contributed by atoms with Crippen LogP contribution in [0.4, 0.5) is 10.1 Å². The topological polar surface area (TPSA) is 49.4 Å². The van der Waals surface area contributed by atoms with Gasteiger partial charge in [0.15, 0.2) is 0 Å². The third-order valence-electron chi connectivity index (χ3n) is 4.20. The molecule has 24 heavy (non-hydrogen) atoms. The lowest BCUT2D eigenvalue weighted by molar-refractivity contribution is 0.279. The molecule has 0 atom stereocenters. The molecule has 0 amide bonds. The van der Waals surface area contributed by atoms with E-state index in [0.717, 1.165) is 50.2 Å². The largest absolute Gasteiger partial charge is 0.295 e. The third-order valence-corrected chi connectivity index (χ3v) is 5.60. The van der Waals surface area contributed by atoms with E-state index in [9.17, 15) is 12.8 Å². The molecule has 0 aliphatic carbocycles. The fourth-order valence-corrected chi connectivity index (χ4v) is 3.95. The molecule has 0 aromatic heterocycles. The maximum absolute atomic E-state index is 13.0. The first-order valence-electron chi connectivity index (χ1n) is 8.10. The molecule has 128 valence electrons. The Morgan fingerprint density at radius 3 is 2.50 bits per heavy atom. The average molecular weight is 348 g/mol. The Kier molecular flexibility index (Phi) is 4.87. The molecule has 0 radical (unpaired) electrons. The number of hydrogen-bond acceptors (Lipinski definition) is 3. The van der Waals surface area contributed by atoms with Crippen molar-refractivity contribution >= 4 is 15.7 Å². The number of fused-ring (bicyclic) bond motifs is 1. The van der Waals surface area contributed by atoms with Crippen molar-refractivity contribution in [3.63, 3.8) is 0 Å². The first kappa shape index (κ1) is 16.9. The van der Waals surface area contributed by atoms with Crippen LogP contribution in [0.3, 0.4) is 0 Å². The van der Waals surface area contributed by atoms with Crippen molar-refractivity contribution in [2.45, 2.75) is 37.8 Å². The van der Waals surface area contributed by atoms with Gasteiger partial charge in [-0.25, -0.2) is 12.8 Å². The van der Waals surface area contributed by atoms with E-state index in [4.69, 9.17) is 0 Å². The van der Waals surface area contributed by atoms with Crippen molar-refractivity contribution in [3.05, 3.63) is 59.4 Å². The molecule has 0 saturated carbocycles. The number of nitrogens with zero attached hydrogens (tertiary/aromatic N) is 1. The highest BCUT2D eigenvalue weighted by atomic mass is 32.2. The summed E-state index contributed by atoms with van der Waals surface area (Å²) in [6, 6.07) is 10.5. The minimum absolute atomic E-state index is 0.0500. The van der Waals surface area contributed by atoms with Crippen molar-refractivity contribution in [1.82, 2.24) is 4.90 Å². The van der Waals surface area contributed by atoms with E-state index < -0.39 is 15.8 Å². The van der Waals surface area contributed by atoms with Crippen LogP contribution in [-0.2, 0) is 23.1 Å². The molecule has 6 heteroatoms. The van der Waals surface area contributed by atoms with Crippen LogP contribution >= 0.6 is 0 Å². The molecule has 0 unspecified atom stereocenters. The van der Waals surface area contributed by atoms with Gasteiger partial charge in [0.25, 0.3) is 10.0 Å². The van der Waals surface area contributed by atoms with E-state index in [1.165, 1.54) is 17.7 Å². The number of sulfonamides is 1. The third kappa shape index (κ3) is 3.76. The quantitative estimate of drug-likeness (QED) is 0.865. The molecule has 2 aromatic rings. The number of nitrogens with one attached hydrogen (secondary N) is 1. The lowest BCUT2D eigenvalue weighted by Gasteiger charge is -2.13. The van der Waals surface area contributed by atoms with Gasteiger partial charge in [0.1, 0.15) is 5.82 Å². The highest BCUT2D eigenvalue weighted by Gasteiger charge is 2.20. The zero-order valence-electron chi connectivity index (χ0n) is 13.6. The second kappa shape index (κ2) is 6.91. The van der Waals surface area contributed by atoms with Crippen LogP contribution in [0.5, 0.6) is 0 Å². The Morgan fingerprint density at radius 2 is 1.79 bits per heavy atom. The van der Waals surface area contributed by atoms with Crippen LogP contribution in [0.25, 0.3) is 0 Å². The number of halogens is 1. The monoisotopic (exact) mass is 348 g/mol. The van der Waals surface area contributed by atoms with E-state index in [0.29, 0.717) is 5.69 Å². The first-order chi connectivity index (χ1) is 11.5. The van der Waals surface area contributed by atoms with Gasteiger partial charge < -0.3 is 0 Å². The zero-order chi connectivity index (χ0) is 17.2. The van der Waals surface area contributed by atoms with Crippen molar-refractivity contribution in [1.29, 1.82) is 0 Å². The van der Waals surface area contributed by atoms with E-state index in [-0.39, 0.29) is 4.90 Å². The summed E-state index contributed by atoms with van der Waals surface area (Å²) in [5, 5.41) is 0. The molecule has 0 spiro atoms. The van der Waals surface area contributed by atoms with Gasteiger partial charge in [0.2, 0.25) is 0 Å². The van der Waals surface area contributed by atoms with Crippen LogP contribution in [0.2, 0.25) is 0 Å². The second-order valence-electron chi connectivity index (χ2n) is 6.11. The summed E-state index contributed by atoms with van der Waals surface area (Å²) >= 11 is 0. The molecule has 2 aromatic carbocycles. The Hall–Kier alpha value is -1.92. The summed E-state index contributed by atoms with van der Waals surface area (Å²) in [6.45, 7) is 5.00. The predicted molar refractivity (Wildman–Crippen MR) is 92.7 cm³/mol. The molecule has 1 aliphatic heterocycles. The summed E-state index contributed by atoms with van der Waals surface area (Å²) in [6.07, 6.45) is 2.33. The predicted octanol–water partition coefficient (Wildman–Crippen LogP) is 3.74. The molecule has 1 aliphatic rings. The maximum atomic E-state index is 13.0. The Balaban J connectivity index is 1.74. The van der Waals surface area contributed by atoms with E-state index in [2.05, 4.69) is 16.5 Å².